The maximum absolute atomic E-state index is 13.2. The summed E-state index contributed by atoms with van der Waals surface area (Å²) in [4.78, 5) is 26.9. The molecule has 206 valence electrons. The zero-order chi connectivity index (χ0) is 27.7. The van der Waals surface area contributed by atoms with Gasteiger partial charge in [-0.2, -0.15) is 5.21 Å². The van der Waals surface area contributed by atoms with Crippen molar-refractivity contribution < 1.29 is 9.59 Å². The molecule has 1 aliphatic rings. The van der Waals surface area contributed by atoms with Crippen molar-refractivity contribution in [1.82, 2.24) is 25.9 Å². The van der Waals surface area contributed by atoms with Crippen molar-refractivity contribution in [3.63, 3.8) is 0 Å². The molecule has 40 heavy (non-hydrogen) atoms. The third-order valence-corrected chi connectivity index (χ3v) is 7.98. The Labute approximate surface area is 237 Å². The summed E-state index contributed by atoms with van der Waals surface area (Å²) in [6.45, 7) is 2.10. The van der Waals surface area contributed by atoms with Gasteiger partial charge in [-0.3, -0.25) is 10.1 Å². The molecule has 1 fully saturated rings. The van der Waals surface area contributed by atoms with Crippen LogP contribution in [0.1, 0.15) is 78.0 Å². The number of nitrogens with one attached hydrogen (secondary N) is 4. The van der Waals surface area contributed by atoms with Crippen molar-refractivity contribution in [3.05, 3.63) is 95.1 Å². The third kappa shape index (κ3) is 7.06. The molecule has 1 atom stereocenters. The number of amides is 3. The fraction of sp³-hybridized carbons (Fsp3) is 0.300. The lowest BCUT2D eigenvalue weighted by Gasteiger charge is -2.24. The van der Waals surface area contributed by atoms with E-state index in [2.05, 4.69) is 67.8 Å². The number of nitrogens with zero attached hydrogens (tertiary/aromatic N) is 3. The topological polar surface area (TPSA) is 125 Å². The van der Waals surface area contributed by atoms with Crippen LogP contribution in [0, 0.1) is 0 Å². The second kappa shape index (κ2) is 13.3. The van der Waals surface area contributed by atoms with Crippen molar-refractivity contribution in [1.29, 1.82) is 0 Å². The summed E-state index contributed by atoms with van der Waals surface area (Å²) in [5.74, 6) is 1.31. The van der Waals surface area contributed by atoms with E-state index in [1.807, 2.05) is 36.4 Å². The molecule has 4 N–H and O–H groups in total. The average Bonchev–Trinajstić information content (AvgIpc) is 3.50. The quantitative estimate of drug-likeness (QED) is 0.174. The van der Waals surface area contributed by atoms with Crippen LogP contribution in [-0.2, 0) is 0 Å². The molecule has 3 amide bonds. The second-order valence-electron chi connectivity index (χ2n) is 9.81. The van der Waals surface area contributed by atoms with Gasteiger partial charge < -0.3 is 10.6 Å². The van der Waals surface area contributed by atoms with Gasteiger partial charge >= 0.3 is 6.03 Å². The van der Waals surface area contributed by atoms with E-state index < -0.39 is 6.04 Å². The van der Waals surface area contributed by atoms with Crippen molar-refractivity contribution >= 4 is 35.3 Å². The summed E-state index contributed by atoms with van der Waals surface area (Å²) in [5, 5.41) is 22.0. The Morgan fingerprint density at radius 1 is 0.950 bits per heavy atom. The van der Waals surface area contributed by atoms with E-state index >= 15 is 0 Å². The number of rotatable bonds is 9. The van der Waals surface area contributed by atoms with Crippen LogP contribution in [0.25, 0.3) is 0 Å². The number of urea groups is 1. The van der Waals surface area contributed by atoms with Gasteiger partial charge in [0.25, 0.3) is 11.9 Å². The number of H-pyrrole nitrogens is 1. The summed E-state index contributed by atoms with van der Waals surface area (Å²) in [6.07, 6.45) is 6.33. The zero-order valence-corrected chi connectivity index (χ0v) is 23.2. The Morgan fingerprint density at radius 2 is 1.68 bits per heavy atom. The normalized spacial score (nSPS) is 14.3. The Bertz CT molecular complexity index is 1400. The highest BCUT2D eigenvalue weighted by molar-refractivity contribution is 7.99. The van der Waals surface area contributed by atoms with Crippen LogP contribution < -0.4 is 16.0 Å². The first-order valence-electron chi connectivity index (χ1n) is 13.6. The Balaban J connectivity index is 1.36. The number of aromatic amines is 1. The van der Waals surface area contributed by atoms with Crippen LogP contribution in [0.15, 0.2) is 77.7 Å². The lowest BCUT2D eigenvalue weighted by Crippen LogP contribution is -2.33. The molecule has 4 aromatic rings. The third-order valence-electron chi connectivity index (χ3n) is 7.10. The van der Waals surface area contributed by atoms with Crippen molar-refractivity contribution in [3.8, 4) is 0 Å². The first kappa shape index (κ1) is 27.4. The molecule has 0 bridgehead atoms. The minimum absolute atomic E-state index is 0.102. The molecule has 1 heterocycles. The highest BCUT2D eigenvalue weighted by Gasteiger charge is 2.20. The fourth-order valence-corrected chi connectivity index (χ4v) is 5.82. The first-order chi connectivity index (χ1) is 19.6. The Morgan fingerprint density at radius 3 is 2.35 bits per heavy atom. The van der Waals surface area contributed by atoms with Crippen LogP contribution >= 0.6 is 11.8 Å². The minimum Gasteiger partial charge on any atom is -0.327 e. The number of carbonyl (C=O) groups is 2. The number of aromatic nitrogens is 4. The molecular weight excluding hydrogens is 522 g/mol. The molecule has 1 aliphatic carbocycles. The number of hydrogen-bond acceptors (Lipinski definition) is 6. The maximum atomic E-state index is 13.2. The van der Waals surface area contributed by atoms with Gasteiger partial charge in [-0.05, 0) is 76.7 Å². The highest BCUT2D eigenvalue weighted by Crippen LogP contribution is 2.34. The Hall–Kier alpha value is -4.18. The molecule has 3 aromatic carbocycles. The zero-order valence-electron chi connectivity index (χ0n) is 22.4. The smallest absolute Gasteiger partial charge is 0.319 e. The standard InChI is InChI=1S/C30H33N7O2S/c1-2-40-26-10-6-9-25(19-26)31-30(39)32-27(22-13-11-21(12-14-22)20-7-4-3-5-8-20)23-15-17-24(18-16-23)28(38)33-29-34-36-37-35-29/h6,9-20,27H,2-5,7-8H2,1H3,(H2,31,32,39)(H2,33,34,35,36,37,38). The summed E-state index contributed by atoms with van der Waals surface area (Å²) < 4.78 is 0. The van der Waals surface area contributed by atoms with Crippen LogP contribution in [0.2, 0.25) is 0 Å². The first-order valence-corrected chi connectivity index (χ1v) is 14.6. The van der Waals surface area contributed by atoms with Gasteiger partial charge in [0.15, 0.2) is 0 Å². The molecule has 0 spiro atoms. The van der Waals surface area contributed by atoms with Crippen LogP contribution in [0.5, 0.6) is 0 Å². The predicted molar refractivity (Wildman–Crippen MR) is 158 cm³/mol. The van der Waals surface area contributed by atoms with Gasteiger partial charge in [0.2, 0.25) is 0 Å². The SMILES string of the molecule is CCSc1cccc(NC(=O)NC(c2ccc(C(=O)Nc3nn[nH]n3)cc2)c2ccc(C3CCCCC3)cc2)c1. The highest BCUT2D eigenvalue weighted by atomic mass is 32.2. The van der Waals surface area contributed by atoms with Crippen LogP contribution in [-0.4, -0.2) is 38.3 Å². The molecule has 9 nitrogen and oxygen atoms in total. The molecule has 1 saturated carbocycles. The number of benzene rings is 3. The fourth-order valence-electron chi connectivity index (χ4n) is 5.10. The minimum atomic E-state index is -0.414. The van der Waals surface area contributed by atoms with E-state index in [4.69, 9.17) is 0 Å². The van der Waals surface area contributed by atoms with Gasteiger partial charge in [0, 0.05) is 16.1 Å². The molecule has 1 unspecified atom stereocenters. The van der Waals surface area contributed by atoms with Crippen LogP contribution in [0.4, 0.5) is 16.4 Å². The number of carbonyl (C=O) groups excluding carboxylic acids is 2. The van der Waals surface area contributed by atoms with Gasteiger partial charge in [-0.15, -0.1) is 16.9 Å². The van der Waals surface area contributed by atoms with E-state index in [0.717, 1.165) is 27.5 Å². The molecule has 5 rings (SSSR count). The van der Waals surface area contributed by atoms with Crippen LogP contribution in [0.3, 0.4) is 0 Å². The molecular formula is C30H33N7O2S. The second-order valence-corrected chi connectivity index (χ2v) is 11.1. The average molecular weight is 556 g/mol. The van der Waals surface area contributed by atoms with Gasteiger partial charge in [-0.1, -0.05) is 73.7 Å². The van der Waals surface area contributed by atoms with Crippen molar-refractivity contribution in [2.75, 3.05) is 16.4 Å². The van der Waals surface area contributed by atoms with Gasteiger partial charge in [-0.25, -0.2) is 4.79 Å². The number of anilines is 2. The monoisotopic (exact) mass is 555 g/mol. The summed E-state index contributed by atoms with van der Waals surface area (Å²) in [7, 11) is 0. The van der Waals surface area contributed by atoms with E-state index in [9.17, 15) is 9.59 Å². The van der Waals surface area contributed by atoms with Crippen molar-refractivity contribution in [2.24, 2.45) is 0 Å². The molecule has 0 radical (unpaired) electrons. The van der Waals surface area contributed by atoms with E-state index in [1.54, 1.807) is 23.9 Å². The van der Waals surface area contributed by atoms with Gasteiger partial charge in [0.1, 0.15) is 0 Å². The molecule has 0 aliphatic heterocycles. The van der Waals surface area contributed by atoms with E-state index in [0.29, 0.717) is 11.5 Å². The summed E-state index contributed by atoms with van der Waals surface area (Å²) >= 11 is 1.72. The Kier molecular flexibility index (Phi) is 9.07. The van der Waals surface area contributed by atoms with E-state index in [-0.39, 0.29) is 17.9 Å². The molecule has 0 saturated heterocycles. The largest absolute Gasteiger partial charge is 0.327 e. The maximum Gasteiger partial charge on any atom is 0.319 e. The predicted octanol–water partition coefficient (Wildman–Crippen LogP) is 6.52. The molecule has 1 aromatic heterocycles. The lowest BCUT2D eigenvalue weighted by atomic mass is 9.83. The number of tetrazole rings is 1. The van der Waals surface area contributed by atoms with E-state index in [1.165, 1.54) is 37.7 Å². The van der Waals surface area contributed by atoms with Gasteiger partial charge in [0.05, 0.1) is 6.04 Å². The number of hydrogen-bond donors (Lipinski definition) is 4. The molecule has 10 heteroatoms. The summed E-state index contributed by atoms with van der Waals surface area (Å²) in [6, 6.07) is 22.8. The van der Waals surface area contributed by atoms with Crippen molar-refractivity contribution in [2.45, 2.75) is 55.9 Å². The number of thioether (sulfide) groups is 1. The lowest BCUT2D eigenvalue weighted by molar-refractivity contribution is 0.102. The summed E-state index contributed by atoms with van der Waals surface area (Å²) in [5.41, 5.74) is 4.34.